The van der Waals surface area contributed by atoms with Gasteiger partial charge in [-0.25, -0.2) is 9.97 Å². The van der Waals surface area contributed by atoms with E-state index in [1.807, 2.05) is 19.1 Å². The number of aliphatic hydroxyl groups excluding tert-OH is 2. The topological polar surface area (TPSA) is 78.3 Å². The SMILES string of the molecule is Cc1nc(N[C@H](C)c2cccc(C(F)(F)F)c2)c2cc([C@H]3CC[C@H](O)CC3O)cc(C)c2n1. The fourth-order valence-electron chi connectivity index (χ4n) is 4.66. The van der Waals surface area contributed by atoms with Crippen LogP contribution in [0.3, 0.4) is 0 Å². The number of anilines is 1. The molecular formula is C25H28F3N3O2. The van der Waals surface area contributed by atoms with Crippen molar-refractivity contribution in [1.82, 2.24) is 9.97 Å². The average molecular weight is 460 g/mol. The van der Waals surface area contributed by atoms with Gasteiger partial charge in [0.05, 0.1) is 23.3 Å². The number of fused-ring (bicyclic) bond motifs is 1. The Morgan fingerprint density at radius 3 is 2.52 bits per heavy atom. The average Bonchev–Trinajstić information content (AvgIpc) is 2.74. The molecule has 0 amide bonds. The standard InChI is InChI=1S/C25H28F3N3O2/c1-13-9-17(20-8-7-19(32)12-22(20)33)11-21-23(13)30-15(3)31-24(21)29-14(2)16-5-4-6-18(10-16)25(26,27)28/h4-6,9-11,14,19-20,22,32-33H,7-8,12H2,1-3H3,(H,29,30,31)/t14-,19+,20-,22?/m1/s1. The van der Waals surface area contributed by atoms with Crippen molar-refractivity contribution in [3.8, 4) is 0 Å². The van der Waals surface area contributed by atoms with Crippen LogP contribution in [0.25, 0.3) is 10.9 Å². The summed E-state index contributed by atoms with van der Waals surface area (Å²) in [7, 11) is 0. The van der Waals surface area contributed by atoms with E-state index in [0.717, 1.165) is 34.2 Å². The molecule has 2 aromatic carbocycles. The number of nitrogens with zero attached hydrogens (tertiary/aromatic N) is 2. The Labute approximate surface area is 190 Å². The van der Waals surface area contributed by atoms with Crippen molar-refractivity contribution in [3.63, 3.8) is 0 Å². The van der Waals surface area contributed by atoms with Gasteiger partial charge in [0.1, 0.15) is 11.6 Å². The number of aromatic nitrogens is 2. The second-order valence-electron chi connectivity index (χ2n) is 8.98. The van der Waals surface area contributed by atoms with Crippen LogP contribution in [0, 0.1) is 13.8 Å². The summed E-state index contributed by atoms with van der Waals surface area (Å²) in [6.45, 7) is 5.52. The lowest BCUT2D eigenvalue weighted by molar-refractivity contribution is -0.137. The van der Waals surface area contributed by atoms with Crippen molar-refractivity contribution in [2.75, 3.05) is 5.32 Å². The molecule has 0 spiro atoms. The van der Waals surface area contributed by atoms with Gasteiger partial charge in [0, 0.05) is 17.3 Å². The quantitative estimate of drug-likeness (QED) is 0.485. The monoisotopic (exact) mass is 459 g/mol. The number of halogens is 3. The summed E-state index contributed by atoms with van der Waals surface area (Å²) in [6.07, 6.45) is -3.91. The van der Waals surface area contributed by atoms with E-state index >= 15 is 0 Å². The molecule has 1 aliphatic rings. The first-order valence-corrected chi connectivity index (χ1v) is 11.1. The number of aliphatic hydroxyl groups is 2. The van der Waals surface area contributed by atoms with Gasteiger partial charge in [-0.2, -0.15) is 13.2 Å². The lowest BCUT2D eigenvalue weighted by Gasteiger charge is -2.31. The Hall–Kier alpha value is -2.71. The maximum Gasteiger partial charge on any atom is 0.416 e. The zero-order valence-corrected chi connectivity index (χ0v) is 18.8. The number of alkyl halides is 3. The molecule has 3 aromatic rings. The van der Waals surface area contributed by atoms with Crippen molar-refractivity contribution >= 4 is 16.7 Å². The summed E-state index contributed by atoms with van der Waals surface area (Å²) >= 11 is 0. The molecule has 4 atom stereocenters. The first-order chi connectivity index (χ1) is 15.5. The Morgan fingerprint density at radius 2 is 1.82 bits per heavy atom. The molecular weight excluding hydrogens is 431 g/mol. The Bertz CT molecular complexity index is 1170. The highest BCUT2D eigenvalue weighted by Crippen LogP contribution is 2.37. The molecule has 0 saturated heterocycles. The fourth-order valence-corrected chi connectivity index (χ4v) is 4.66. The van der Waals surface area contributed by atoms with Crippen molar-refractivity contribution in [1.29, 1.82) is 0 Å². The first-order valence-electron chi connectivity index (χ1n) is 11.1. The number of nitrogens with one attached hydrogen (secondary N) is 1. The van der Waals surface area contributed by atoms with Crippen LogP contribution in [-0.4, -0.2) is 32.4 Å². The first kappa shape index (κ1) is 23.4. The van der Waals surface area contributed by atoms with Gasteiger partial charge >= 0.3 is 6.18 Å². The number of hydrogen-bond donors (Lipinski definition) is 3. The number of rotatable bonds is 4. The summed E-state index contributed by atoms with van der Waals surface area (Å²) in [5.41, 5.74) is 2.45. The zero-order chi connectivity index (χ0) is 23.9. The number of hydrogen-bond acceptors (Lipinski definition) is 5. The van der Waals surface area contributed by atoms with Crippen molar-refractivity contribution in [2.45, 2.75) is 70.4 Å². The van der Waals surface area contributed by atoms with Crippen LogP contribution in [-0.2, 0) is 6.18 Å². The largest absolute Gasteiger partial charge is 0.416 e. The highest BCUT2D eigenvalue weighted by molar-refractivity contribution is 5.92. The molecule has 0 bridgehead atoms. The molecule has 0 aliphatic heterocycles. The summed E-state index contributed by atoms with van der Waals surface area (Å²) in [5, 5.41) is 24.5. The van der Waals surface area contributed by atoms with Crippen LogP contribution in [0.1, 0.15) is 66.2 Å². The summed E-state index contributed by atoms with van der Waals surface area (Å²) in [5.74, 6) is 0.988. The van der Waals surface area contributed by atoms with Crippen LogP contribution in [0.2, 0.25) is 0 Å². The molecule has 1 heterocycles. The van der Waals surface area contributed by atoms with Gasteiger partial charge in [0.25, 0.3) is 0 Å². The van der Waals surface area contributed by atoms with E-state index < -0.39 is 30.0 Å². The zero-order valence-electron chi connectivity index (χ0n) is 18.8. The van der Waals surface area contributed by atoms with E-state index in [4.69, 9.17) is 0 Å². The second-order valence-corrected chi connectivity index (χ2v) is 8.98. The van der Waals surface area contributed by atoms with E-state index in [1.165, 1.54) is 6.07 Å². The van der Waals surface area contributed by atoms with Crippen LogP contribution in [0.15, 0.2) is 36.4 Å². The van der Waals surface area contributed by atoms with Gasteiger partial charge in [-0.3, -0.25) is 0 Å². The van der Waals surface area contributed by atoms with Crippen LogP contribution < -0.4 is 5.32 Å². The summed E-state index contributed by atoms with van der Waals surface area (Å²) < 4.78 is 39.5. The van der Waals surface area contributed by atoms with Crippen molar-refractivity contribution in [2.24, 2.45) is 0 Å². The third-order valence-electron chi connectivity index (χ3n) is 6.41. The molecule has 1 aromatic heterocycles. The Balaban J connectivity index is 1.72. The predicted octanol–water partition coefficient (Wildman–Crippen LogP) is 5.43. The van der Waals surface area contributed by atoms with E-state index in [-0.39, 0.29) is 5.92 Å². The third-order valence-corrected chi connectivity index (χ3v) is 6.41. The third kappa shape index (κ3) is 4.96. The predicted molar refractivity (Wildman–Crippen MR) is 121 cm³/mol. The van der Waals surface area contributed by atoms with Gasteiger partial charge in [0.2, 0.25) is 0 Å². The molecule has 5 nitrogen and oxygen atoms in total. The molecule has 1 aliphatic carbocycles. The molecule has 0 radical (unpaired) electrons. The van der Waals surface area contributed by atoms with Gasteiger partial charge in [-0.15, -0.1) is 0 Å². The molecule has 33 heavy (non-hydrogen) atoms. The smallest absolute Gasteiger partial charge is 0.393 e. The molecule has 1 saturated carbocycles. The lowest BCUT2D eigenvalue weighted by Crippen LogP contribution is -2.30. The van der Waals surface area contributed by atoms with E-state index in [9.17, 15) is 23.4 Å². The van der Waals surface area contributed by atoms with Gasteiger partial charge in [0.15, 0.2) is 0 Å². The highest BCUT2D eigenvalue weighted by atomic mass is 19.4. The van der Waals surface area contributed by atoms with Crippen LogP contribution >= 0.6 is 0 Å². The van der Waals surface area contributed by atoms with Gasteiger partial charge < -0.3 is 15.5 Å². The summed E-state index contributed by atoms with van der Waals surface area (Å²) in [4.78, 5) is 9.13. The fraction of sp³-hybridized carbons (Fsp3) is 0.440. The molecule has 3 N–H and O–H groups in total. The maximum absolute atomic E-state index is 13.2. The minimum atomic E-state index is -4.41. The number of benzene rings is 2. The minimum absolute atomic E-state index is 0.105. The minimum Gasteiger partial charge on any atom is -0.393 e. The molecule has 1 fully saturated rings. The molecule has 176 valence electrons. The van der Waals surface area contributed by atoms with Gasteiger partial charge in [-0.1, -0.05) is 18.2 Å². The molecule has 8 heteroatoms. The van der Waals surface area contributed by atoms with Crippen LogP contribution in [0.5, 0.6) is 0 Å². The molecule has 4 rings (SSSR count). The van der Waals surface area contributed by atoms with E-state index in [2.05, 4.69) is 15.3 Å². The van der Waals surface area contributed by atoms with E-state index in [0.29, 0.717) is 36.5 Å². The van der Waals surface area contributed by atoms with Crippen molar-refractivity contribution < 1.29 is 23.4 Å². The maximum atomic E-state index is 13.2. The Kier molecular flexibility index (Phi) is 6.33. The van der Waals surface area contributed by atoms with E-state index in [1.54, 1.807) is 19.9 Å². The second kappa shape index (κ2) is 8.91. The number of aryl methyl sites for hydroxylation is 2. The molecule has 1 unspecified atom stereocenters. The van der Waals surface area contributed by atoms with Crippen molar-refractivity contribution in [3.05, 3.63) is 64.5 Å². The normalized spacial score (nSPS) is 22.4. The Morgan fingerprint density at radius 1 is 1.06 bits per heavy atom. The van der Waals surface area contributed by atoms with Gasteiger partial charge in [-0.05, 0) is 74.9 Å². The lowest BCUT2D eigenvalue weighted by atomic mass is 9.79. The summed E-state index contributed by atoms with van der Waals surface area (Å²) in [6, 6.07) is 8.81. The highest BCUT2D eigenvalue weighted by Gasteiger charge is 2.31. The van der Waals surface area contributed by atoms with Crippen LogP contribution in [0.4, 0.5) is 19.0 Å².